The van der Waals surface area contributed by atoms with E-state index >= 15 is 0 Å². The van der Waals surface area contributed by atoms with Crippen LogP contribution in [-0.4, -0.2) is 14.4 Å². The summed E-state index contributed by atoms with van der Waals surface area (Å²) in [4.78, 5) is 20.4. The Labute approximate surface area is 175 Å². The summed E-state index contributed by atoms with van der Waals surface area (Å²) in [5, 5.41) is 0.625. The molecule has 0 unspecified atom stereocenters. The number of benzene rings is 1. The zero-order valence-electron chi connectivity index (χ0n) is 14.3. The minimum absolute atomic E-state index is 0.113. The van der Waals surface area contributed by atoms with Gasteiger partial charge in [0.25, 0.3) is 5.56 Å². The molecule has 8 heteroatoms. The molecule has 5 nitrogen and oxygen atoms in total. The van der Waals surface area contributed by atoms with E-state index in [1.54, 1.807) is 24.4 Å². The van der Waals surface area contributed by atoms with E-state index in [1.165, 1.54) is 6.07 Å². The Hall–Kier alpha value is -2.60. The Morgan fingerprint density at radius 2 is 1.75 bits per heavy atom. The van der Waals surface area contributed by atoms with Crippen LogP contribution in [-0.2, 0) is 6.42 Å². The van der Waals surface area contributed by atoms with E-state index in [0.29, 0.717) is 23.4 Å². The molecule has 0 N–H and O–H groups in total. The number of hydrogen-bond acceptors (Lipinski definition) is 4. The highest BCUT2D eigenvalue weighted by atomic mass is 35.5. The molecule has 0 radical (unpaired) electrons. The first kappa shape index (κ1) is 18.7. The van der Waals surface area contributed by atoms with Gasteiger partial charge < -0.3 is 9.14 Å². The average molecular weight is 433 g/mol. The lowest BCUT2D eigenvalue weighted by Gasteiger charge is -2.09. The third kappa shape index (κ3) is 3.97. The molecule has 0 amide bonds. The summed E-state index contributed by atoms with van der Waals surface area (Å²) in [6, 6.07) is 14.2. The number of halogens is 3. The summed E-state index contributed by atoms with van der Waals surface area (Å²) in [5.74, 6) is 0.700. The predicted octanol–water partition coefficient (Wildman–Crippen LogP) is 5.43. The lowest BCUT2D eigenvalue weighted by atomic mass is 10.1. The SMILES string of the molecule is O=c1nc2ccccn2cc1Cc1ccc(Oc2nc(Cl)c(Cl)cc2Cl)cc1. The zero-order chi connectivity index (χ0) is 19.7. The van der Waals surface area contributed by atoms with E-state index in [-0.39, 0.29) is 26.6 Å². The summed E-state index contributed by atoms with van der Waals surface area (Å²) in [5.41, 5.74) is 1.92. The second kappa shape index (κ2) is 7.80. The van der Waals surface area contributed by atoms with Gasteiger partial charge in [-0.25, -0.2) is 0 Å². The van der Waals surface area contributed by atoms with Crippen LogP contribution in [0.5, 0.6) is 11.6 Å². The van der Waals surface area contributed by atoms with Crippen molar-refractivity contribution in [2.75, 3.05) is 0 Å². The summed E-state index contributed by atoms with van der Waals surface area (Å²) in [6.45, 7) is 0. The largest absolute Gasteiger partial charge is 0.437 e. The first-order valence-electron chi connectivity index (χ1n) is 8.25. The lowest BCUT2D eigenvalue weighted by Crippen LogP contribution is -2.15. The number of rotatable bonds is 4. The quantitative estimate of drug-likeness (QED) is 0.403. The molecule has 140 valence electrons. The fourth-order valence-electron chi connectivity index (χ4n) is 2.68. The Morgan fingerprint density at radius 3 is 2.54 bits per heavy atom. The standard InChI is InChI=1S/C20H12Cl3N3O2/c21-15-10-16(22)20(25-18(15)23)28-14-6-4-12(5-7-14)9-13-11-26-8-2-1-3-17(26)24-19(13)27/h1-8,10-11H,9H2. The van der Waals surface area contributed by atoms with Crippen LogP contribution >= 0.6 is 34.8 Å². The minimum atomic E-state index is -0.238. The van der Waals surface area contributed by atoms with Crippen LogP contribution in [0.15, 0.2) is 65.7 Å². The van der Waals surface area contributed by atoms with E-state index < -0.39 is 0 Å². The average Bonchev–Trinajstić information content (AvgIpc) is 2.68. The number of pyridine rings is 2. The second-order valence-corrected chi connectivity index (χ2v) is 7.18. The van der Waals surface area contributed by atoms with Crippen LogP contribution in [0.4, 0.5) is 0 Å². The van der Waals surface area contributed by atoms with E-state index in [9.17, 15) is 4.79 Å². The van der Waals surface area contributed by atoms with Crippen molar-refractivity contribution in [2.24, 2.45) is 0 Å². The van der Waals surface area contributed by atoms with Crippen LogP contribution in [0, 0.1) is 0 Å². The van der Waals surface area contributed by atoms with E-state index in [1.807, 2.05) is 34.9 Å². The number of ether oxygens (including phenoxy) is 1. The van der Waals surface area contributed by atoms with Gasteiger partial charge in [-0.2, -0.15) is 9.97 Å². The molecule has 0 saturated carbocycles. The Balaban J connectivity index is 1.55. The first-order chi connectivity index (χ1) is 13.5. The van der Waals surface area contributed by atoms with Gasteiger partial charge >= 0.3 is 0 Å². The molecule has 0 spiro atoms. The number of hydrogen-bond donors (Lipinski definition) is 0. The molecule has 0 saturated heterocycles. The molecule has 0 atom stereocenters. The van der Waals surface area contributed by atoms with Crippen molar-refractivity contribution in [3.8, 4) is 11.6 Å². The lowest BCUT2D eigenvalue weighted by molar-refractivity contribution is 0.463. The van der Waals surface area contributed by atoms with Crippen molar-refractivity contribution < 1.29 is 4.74 Å². The third-order valence-electron chi connectivity index (χ3n) is 4.04. The molecular formula is C20H12Cl3N3O2. The van der Waals surface area contributed by atoms with Gasteiger partial charge in [-0.15, -0.1) is 0 Å². The van der Waals surface area contributed by atoms with Crippen molar-refractivity contribution in [2.45, 2.75) is 6.42 Å². The molecular weight excluding hydrogens is 421 g/mol. The molecule has 3 heterocycles. The van der Waals surface area contributed by atoms with Crippen molar-refractivity contribution in [1.29, 1.82) is 0 Å². The monoisotopic (exact) mass is 431 g/mol. The van der Waals surface area contributed by atoms with Crippen LogP contribution in [0.25, 0.3) is 5.65 Å². The minimum Gasteiger partial charge on any atom is -0.437 e. The van der Waals surface area contributed by atoms with E-state index in [2.05, 4.69) is 9.97 Å². The molecule has 0 fully saturated rings. The van der Waals surface area contributed by atoms with Crippen molar-refractivity contribution in [3.05, 3.63) is 97.6 Å². The van der Waals surface area contributed by atoms with Gasteiger partial charge in [0.2, 0.25) is 5.88 Å². The maximum absolute atomic E-state index is 12.2. The molecule has 4 rings (SSSR count). The van der Waals surface area contributed by atoms with Crippen LogP contribution in [0.2, 0.25) is 15.2 Å². The molecule has 0 aliphatic carbocycles. The van der Waals surface area contributed by atoms with Gasteiger partial charge in [0.15, 0.2) is 5.15 Å². The smallest absolute Gasteiger partial charge is 0.276 e. The normalized spacial score (nSPS) is 11.0. The fourth-order valence-corrected chi connectivity index (χ4v) is 3.21. The van der Waals surface area contributed by atoms with Gasteiger partial charge in [-0.05, 0) is 35.9 Å². The Kier molecular flexibility index (Phi) is 5.22. The number of aromatic nitrogens is 3. The Bertz CT molecular complexity index is 1220. The number of fused-ring (bicyclic) bond motifs is 1. The fraction of sp³-hybridized carbons (Fsp3) is 0.0500. The van der Waals surface area contributed by atoms with Crippen molar-refractivity contribution in [1.82, 2.24) is 14.4 Å². The highest BCUT2D eigenvalue weighted by molar-refractivity contribution is 6.42. The molecule has 3 aromatic heterocycles. The van der Waals surface area contributed by atoms with Gasteiger partial charge in [0.05, 0.1) is 5.02 Å². The molecule has 4 aromatic rings. The predicted molar refractivity (Wildman–Crippen MR) is 110 cm³/mol. The highest BCUT2D eigenvalue weighted by Crippen LogP contribution is 2.33. The highest BCUT2D eigenvalue weighted by Gasteiger charge is 2.11. The molecule has 0 aliphatic heterocycles. The van der Waals surface area contributed by atoms with E-state index in [4.69, 9.17) is 39.5 Å². The van der Waals surface area contributed by atoms with E-state index in [0.717, 1.165) is 5.56 Å². The topological polar surface area (TPSA) is 56.5 Å². The summed E-state index contributed by atoms with van der Waals surface area (Å²) in [6.07, 6.45) is 4.11. The summed E-state index contributed by atoms with van der Waals surface area (Å²) >= 11 is 17.9. The Morgan fingerprint density at radius 1 is 0.964 bits per heavy atom. The van der Waals surface area contributed by atoms with Crippen LogP contribution < -0.4 is 10.3 Å². The van der Waals surface area contributed by atoms with Gasteiger partial charge in [0, 0.05) is 24.4 Å². The summed E-state index contributed by atoms with van der Waals surface area (Å²) in [7, 11) is 0. The van der Waals surface area contributed by atoms with Crippen LogP contribution in [0.1, 0.15) is 11.1 Å². The molecule has 28 heavy (non-hydrogen) atoms. The van der Waals surface area contributed by atoms with Crippen molar-refractivity contribution in [3.63, 3.8) is 0 Å². The second-order valence-electron chi connectivity index (χ2n) is 6.01. The maximum atomic E-state index is 12.2. The zero-order valence-corrected chi connectivity index (χ0v) is 16.5. The van der Waals surface area contributed by atoms with Crippen LogP contribution in [0.3, 0.4) is 0 Å². The molecule has 1 aromatic carbocycles. The van der Waals surface area contributed by atoms with Crippen molar-refractivity contribution >= 4 is 40.4 Å². The molecule has 0 bridgehead atoms. The number of nitrogens with zero attached hydrogens (tertiary/aromatic N) is 3. The third-order valence-corrected chi connectivity index (χ3v) is 4.98. The molecule has 0 aliphatic rings. The maximum Gasteiger partial charge on any atom is 0.276 e. The van der Waals surface area contributed by atoms with Gasteiger partial charge in [-0.1, -0.05) is 53.0 Å². The van der Waals surface area contributed by atoms with Gasteiger partial charge in [0.1, 0.15) is 16.4 Å². The first-order valence-corrected chi connectivity index (χ1v) is 9.38. The summed E-state index contributed by atoms with van der Waals surface area (Å²) < 4.78 is 7.49. The van der Waals surface area contributed by atoms with Gasteiger partial charge in [-0.3, -0.25) is 4.79 Å².